The Kier molecular flexibility index (Phi) is 3.86. The van der Waals surface area contributed by atoms with Crippen LogP contribution in [0.5, 0.6) is 0 Å². The molecule has 0 amide bonds. The van der Waals surface area contributed by atoms with Gasteiger partial charge in [0.05, 0.1) is 8.96 Å². The molecule has 2 nitrogen and oxygen atoms in total. The summed E-state index contributed by atoms with van der Waals surface area (Å²) < 4.78 is 6.52. The Labute approximate surface area is 114 Å². The van der Waals surface area contributed by atoms with Crippen LogP contribution in [0, 0.1) is 10.5 Å². The maximum absolute atomic E-state index is 12.0. The highest BCUT2D eigenvalue weighted by atomic mass is 127. The minimum Gasteiger partial charge on any atom is -0.426 e. The zero-order valence-corrected chi connectivity index (χ0v) is 12.2. The molecule has 0 saturated carbocycles. The van der Waals surface area contributed by atoms with Gasteiger partial charge in [-0.3, -0.25) is 0 Å². The SMILES string of the molecule is CCCCc1oc(=O)c2c(C)cccc2c1I. The van der Waals surface area contributed by atoms with Crippen LogP contribution in [0.4, 0.5) is 0 Å². The summed E-state index contributed by atoms with van der Waals surface area (Å²) in [4.78, 5) is 12.0. The molecule has 90 valence electrons. The van der Waals surface area contributed by atoms with Gasteiger partial charge in [-0.05, 0) is 41.5 Å². The lowest BCUT2D eigenvalue weighted by Crippen LogP contribution is -2.06. The minimum absolute atomic E-state index is 0.204. The molecule has 3 heteroatoms. The molecular formula is C14H15IO2. The summed E-state index contributed by atoms with van der Waals surface area (Å²) in [6, 6.07) is 5.93. The van der Waals surface area contributed by atoms with Gasteiger partial charge >= 0.3 is 5.63 Å². The molecule has 0 fully saturated rings. The van der Waals surface area contributed by atoms with E-state index >= 15 is 0 Å². The molecule has 1 heterocycles. The summed E-state index contributed by atoms with van der Waals surface area (Å²) >= 11 is 2.28. The lowest BCUT2D eigenvalue weighted by atomic mass is 10.1. The van der Waals surface area contributed by atoms with E-state index in [4.69, 9.17) is 4.42 Å². The molecule has 0 aliphatic heterocycles. The summed E-state index contributed by atoms with van der Waals surface area (Å²) in [6.07, 6.45) is 3.00. The molecule has 0 unspecified atom stereocenters. The van der Waals surface area contributed by atoms with Crippen LogP contribution in [-0.2, 0) is 6.42 Å². The van der Waals surface area contributed by atoms with Crippen molar-refractivity contribution < 1.29 is 4.42 Å². The second kappa shape index (κ2) is 5.21. The zero-order chi connectivity index (χ0) is 12.4. The standard InChI is InChI=1S/C14H15IO2/c1-3-4-8-11-13(15)10-7-5-6-9(2)12(10)14(16)17-11/h5-7H,3-4,8H2,1-2H3. The number of benzene rings is 1. The molecule has 1 aromatic carbocycles. The van der Waals surface area contributed by atoms with Crippen molar-refractivity contribution in [3.05, 3.63) is 43.5 Å². The first-order valence-electron chi connectivity index (χ1n) is 5.86. The van der Waals surface area contributed by atoms with E-state index in [-0.39, 0.29) is 5.63 Å². The Morgan fingerprint density at radius 3 is 2.82 bits per heavy atom. The van der Waals surface area contributed by atoms with Gasteiger partial charge in [0.25, 0.3) is 0 Å². The van der Waals surface area contributed by atoms with Crippen molar-refractivity contribution in [1.29, 1.82) is 0 Å². The van der Waals surface area contributed by atoms with E-state index in [1.54, 1.807) is 0 Å². The average Bonchev–Trinajstić information content (AvgIpc) is 2.31. The molecule has 0 aliphatic rings. The average molecular weight is 342 g/mol. The molecule has 0 saturated heterocycles. The topological polar surface area (TPSA) is 30.2 Å². The summed E-state index contributed by atoms with van der Waals surface area (Å²) in [6.45, 7) is 4.08. The van der Waals surface area contributed by atoms with Crippen molar-refractivity contribution in [2.75, 3.05) is 0 Å². The number of hydrogen-bond donors (Lipinski definition) is 0. The van der Waals surface area contributed by atoms with E-state index in [0.717, 1.165) is 44.9 Å². The Hall–Kier alpha value is -0.840. The fourth-order valence-corrected chi connectivity index (χ4v) is 2.81. The van der Waals surface area contributed by atoms with Gasteiger partial charge in [-0.1, -0.05) is 31.5 Å². The predicted octanol–water partition coefficient (Wildman–Crippen LogP) is 4.05. The number of hydrogen-bond acceptors (Lipinski definition) is 2. The van der Waals surface area contributed by atoms with Crippen molar-refractivity contribution in [1.82, 2.24) is 0 Å². The van der Waals surface area contributed by atoms with Crippen LogP contribution < -0.4 is 5.63 Å². The smallest absolute Gasteiger partial charge is 0.344 e. The van der Waals surface area contributed by atoms with Crippen molar-refractivity contribution in [2.45, 2.75) is 33.1 Å². The number of unbranched alkanes of at least 4 members (excludes halogenated alkanes) is 1. The highest BCUT2D eigenvalue weighted by Gasteiger charge is 2.12. The largest absolute Gasteiger partial charge is 0.426 e. The number of aryl methyl sites for hydroxylation is 2. The molecule has 0 radical (unpaired) electrons. The molecule has 0 aliphatic carbocycles. The molecule has 0 N–H and O–H groups in total. The third kappa shape index (κ3) is 2.39. The minimum atomic E-state index is -0.204. The first kappa shape index (κ1) is 12.6. The Morgan fingerprint density at radius 2 is 2.12 bits per heavy atom. The number of halogens is 1. The maximum Gasteiger partial charge on any atom is 0.344 e. The van der Waals surface area contributed by atoms with E-state index in [9.17, 15) is 4.79 Å². The van der Waals surface area contributed by atoms with Crippen LogP contribution in [0.15, 0.2) is 27.4 Å². The Bertz CT molecular complexity index is 599. The monoisotopic (exact) mass is 342 g/mol. The molecule has 2 rings (SSSR count). The van der Waals surface area contributed by atoms with Crippen molar-refractivity contribution >= 4 is 33.4 Å². The number of rotatable bonds is 3. The highest BCUT2D eigenvalue weighted by molar-refractivity contribution is 14.1. The van der Waals surface area contributed by atoms with Gasteiger partial charge in [0.1, 0.15) is 5.76 Å². The van der Waals surface area contributed by atoms with Gasteiger partial charge in [0.2, 0.25) is 0 Å². The van der Waals surface area contributed by atoms with Gasteiger partial charge in [0.15, 0.2) is 0 Å². The van der Waals surface area contributed by atoms with Gasteiger partial charge in [-0.2, -0.15) is 0 Å². The summed E-state index contributed by atoms with van der Waals surface area (Å²) in [5.74, 6) is 0.829. The van der Waals surface area contributed by atoms with E-state index in [1.165, 1.54) is 0 Å². The fourth-order valence-electron chi connectivity index (χ4n) is 1.98. The molecule has 2 aromatic rings. The normalized spacial score (nSPS) is 11.0. The third-order valence-corrected chi connectivity index (χ3v) is 4.11. The molecule has 1 aromatic heterocycles. The van der Waals surface area contributed by atoms with Crippen LogP contribution in [0.1, 0.15) is 31.1 Å². The molecular weight excluding hydrogens is 327 g/mol. The van der Waals surface area contributed by atoms with Crippen LogP contribution >= 0.6 is 22.6 Å². The first-order chi connectivity index (χ1) is 8.15. The summed E-state index contributed by atoms with van der Waals surface area (Å²) in [5, 5.41) is 1.74. The predicted molar refractivity (Wildman–Crippen MR) is 78.6 cm³/mol. The van der Waals surface area contributed by atoms with Crippen LogP contribution in [0.3, 0.4) is 0 Å². The second-order valence-corrected chi connectivity index (χ2v) is 5.31. The van der Waals surface area contributed by atoms with Crippen molar-refractivity contribution in [2.24, 2.45) is 0 Å². The molecule has 0 spiro atoms. The van der Waals surface area contributed by atoms with E-state index < -0.39 is 0 Å². The Morgan fingerprint density at radius 1 is 1.35 bits per heavy atom. The van der Waals surface area contributed by atoms with Crippen molar-refractivity contribution in [3.8, 4) is 0 Å². The fraction of sp³-hybridized carbons (Fsp3) is 0.357. The maximum atomic E-state index is 12.0. The van der Waals surface area contributed by atoms with Gasteiger partial charge in [-0.25, -0.2) is 4.79 Å². The third-order valence-electron chi connectivity index (χ3n) is 2.93. The summed E-state index contributed by atoms with van der Waals surface area (Å²) in [7, 11) is 0. The first-order valence-corrected chi connectivity index (χ1v) is 6.93. The van der Waals surface area contributed by atoms with Crippen molar-refractivity contribution in [3.63, 3.8) is 0 Å². The van der Waals surface area contributed by atoms with E-state index in [0.29, 0.717) is 0 Å². The lowest BCUT2D eigenvalue weighted by Gasteiger charge is -2.07. The lowest BCUT2D eigenvalue weighted by molar-refractivity contribution is 0.456. The highest BCUT2D eigenvalue weighted by Crippen LogP contribution is 2.24. The molecule has 0 bridgehead atoms. The van der Waals surface area contributed by atoms with Crippen LogP contribution in [-0.4, -0.2) is 0 Å². The van der Waals surface area contributed by atoms with E-state index in [2.05, 4.69) is 29.5 Å². The summed E-state index contributed by atoms with van der Waals surface area (Å²) in [5.41, 5.74) is 0.779. The second-order valence-electron chi connectivity index (χ2n) is 4.23. The quantitative estimate of drug-likeness (QED) is 0.788. The van der Waals surface area contributed by atoms with Gasteiger partial charge in [-0.15, -0.1) is 0 Å². The Balaban J connectivity index is 2.68. The van der Waals surface area contributed by atoms with Gasteiger partial charge in [0, 0.05) is 11.8 Å². The van der Waals surface area contributed by atoms with E-state index in [1.807, 2.05) is 25.1 Å². The van der Waals surface area contributed by atoms with Crippen LogP contribution in [0.25, 0.3) is 10.8 Å². The number of fused-ring (bicyclic) bond motifs is 1. The molecule has 17 heavy (non-hydrogen) atoms. The molecule has 0 atom stereocenters. The van der Waals surface area contributed by atoms with Crippen LogP contribution in [0.2, 0.25) is 0 Å². The zero-order valence-electron chi connectivity index (χ0n) is 10.0. The van der Waals surface area contributed by atoms with Gasteiger partial charge < -0.3 is 4.42 Å².